The van der Waals surface area contributed by atoms with Crippen LogP contribution in [-0.4, -0.2) is 27.2 Å². The third-order valence-electron chi connectivity index (χ3n) is 2.72. The number of aliphatic hydroxyl groups excluding tert-OH is 1. The third-order valence-corrected chi connectivity index (χ3v) is 5.31. The van der Waals surface area contributed by atoms with Crippen LogP contribution in [-0.2, 0) is 14.8 Å². The maximum Gasteiger partial charge on any atom is 0.241 e. The summed E-state index contributed by atoms with van der Waals surface area (Å²) in [5.41, 5.74) is 0. The van der Waals surface area contributed by atoms with E-state index in [9.17, 15) is 13.5 Å². The van der Waals surface area contributed by atoms with Crippen LogP contribution in [0, 0.1) is 0 Å². The zero-order valence-electron chi connectivity index (χ0n) is 11.3. The SMILES string of the molecule is CCCCCCNS(=O)(=O)c1ccsc1C(O)OC. The largest absolute Gasteiger partial charge is 0.364 e. The van der Waals surface area contributed by atoms with Crippen LogP contribution < -0.4 is 4.72 Å². The molecule has 110 valence electrons. The fraction of sp³-hybridized carbons (Fsp3) is 0.667. The molecule has 0 amide bonds. The summed E-state index contributed by atoms with van der Waals surface area (Å²) in [4.78, 5) is 0.408. The van der Waals surface area contributed by atoms with Crippen LogP contribution in [0.5, 0.6) is 0 Å². The molecule has 0 fully saturated rings. The molecule has 0 spiro atoms. The fourth-order valence-corrected chi connectivity index (χ4v) is 4.14. The van der Waals surface area contributed by atoms with Gasteiger partial charge in [0.2, 0.25) is 10.0 Å². The van der Waals surface area contributed by atoms with E-state index >= 15 is 0 Å². The van der Waals surface area contributed by atoms with Crippen molar-refractivity contribution in [1.82, 2.24) is 4.72 Å². The van der Waals surface area contributed by atoms with E-state index in [0.717, 1.165) is 37.0 Å². The Morgan fingerprint density at radius 1 is 1.42 bits per heavy atom. The molecule has 0 bridgehead atoms. The van der Waals surface area contributed by atoms with Crippen LogP contribution in [0.1, 0.15) is 43.8 Å². The standard InChI is InChI=1S/C12H21NO4S2/c1-3-4-5-6-8-13-19(15,16)10-7-9-18-11(10)12(14)17-2/h7,9,12-14H,3-6,8H2,1-2H3. The van der Waals surface area contributed by atoms with Gasteiger partial charge in [-0.05, 0) is 17.9 Å². The number of hydrogen-bond acceptors (Lipinski definition) is 5. The quantitative estimate of drug-likeness (QED) is 0.542. The molecule has 1 aromatic heterocycles. The number of ether oxygens (including phenoxy) is 1. The summed E-state index contributed by atoms with van der Waals surface area (Å²) in [5.74, 6) is 0. The van der Waals surface area contributed by atoms with Gasteiger partial charge < -0.3 is 9.84 Å². The van der Waals surface area contributed by atoms with Crippen LogP contribution in [0.25, 0.3) is 0 Å². The Kier molecular flexibility index (Phi) is 6.95. The molecular weight excluding hydrogens is 286 g/mol. The summed E-state index contributed by atoms with van der Waals surface area (Å²) in [6.45, 7) is 2.52. The Balaban J connectivity index is 2.65. The van der Waals surface area contributed by atoms with Crippen LogP contribution in [0.4, 0.5) is 0 Å². The highest BCUT2D eigenvalue weighted by Gasteiger charge is 2.23. The molecule has 0 aliphatic heterocycles. The second-order valence-corrected chi connectivity index (χ2v) is 6.88. The van der Waals surface area contributed by atoms with Gasteiger partial charge >= 0.3 is 0 Å². The van der Waals surface area contributed by atoms with Crippen molar-refractivity contribution in [3.63, 3.8) is 0 Å². The van der Waals surface area contributed by atoms with Crippen molar-refractivity contribution in [1.29, 1.82) is 0 Å². The Hall–Kier alpha value is -0.470. The van der Waals surface area contributed by atoms with E-state index in [-0.39, 0.29) is 4.90 Å². The van der Waals surface area contributed by atoms with E-state index in [1.54, 1.807) is 5.38 Å². The Bertz CT molecular complexity index is 470. The minimum Gasteiger partial charge on any atom is -0.364 e. The molecule has 1 atom stereocenters. The Labute approximate surface area is 118 Å². The minimum absolute atomic E-state index is 0.0994. The summed E-state index contributed by atoms with van der Waals surface area (Å²) < 4.78 is 31.5. The highest BCUT2D eigenvalue weighted by molar-refractivity contribution is 7.89. The monoisotopic (exact) mass is 307 g/mol. The zero-order chi connectivity index (χ0) is 14.3. The normalized spacial score (nSPS) is 13.6. The summed E-state index contributed by atoms with van der Waals surface area (Å²) in [6.07, 6.45) is 2.84. The summed E-state index contributed by atoms with van der Waals surface area (Å²) in [5, 5.41) is 11.2. The second kappa shape index (κ2) is 7.96. The number of aliphatic hydroxyl groups is 1. The molecule has 2 N–H and O–H groups in total. The molecule has 0 saturated heterocycles. The topological polar surface area (TPSA) is 75.6 Å². The lowest BCUT2D eigenvalue weighted by Gasteiger charge is -2.10. The summed E-state index contributed by atoms with van der Waals surface area (Å²) >= 11 is 1.16. The maximum absolute atomic E-state index is 12.1. The van der Waals surface area contributed by atoms with E-state index in [4.69, 9.17) is 4.74 Å². The third kappa shape index (κ3) is 4.85. The highest BCUT2D eigenvalue weighted by atomic mass is 32.2. The Morgan fingerprint density at radius 2 is 2.16 bits per heavy atom. The van der Waals surface area contributed by atoms with Gasteiger partial charge in [-0.2, -0.15) is 0 Å². The van der Waals surface area contributed by atoms with Crippen LogP contribution in [0.15, 0.2) is 16.3 Å². The molecular formula is C12H21NO4S2. The van der Waals surface area contributed by atoms with Crippen LogP contribution in [0.2, 0.25) is 0 Å². The van der Waals surface area contributed by atoms with Crippen molar-refractivity contribution in [2.45, 2.75) is 43.8 Å². The molecule has 0 aliphatic carbocycles. The number of rotatable bonds is 9. The van der Waals surface area contributed by atoms with Gasteiger partial charge in [-0.25, -0.2) is 13.1 Å². The first-order valence-corrected chi connectivity index (χ1v) is 8.67. The molecule has 1 heterocycles. The smallest absolute Gasteiger partial charge is 0.241 e. The molecule has 1 aromatic rings. The van der Waals surface area contributed by atoms with Gasteiger partial charge in [-0.3, -0.25) is 0 Å². The summed E-state index contributed by atoms with van der Waals surface area (Å²) in [7, 11) is -2.24. The van der Waals surface area contributed by atoms with Crippen molar-refractivity contribution >= 4 is 21.4 Å². The van der Waals surface area contributed by atoms with Gasteiger partial charge in [0.05, 0.1) is 4.88 Å². The molecule has 0 saturated carbocycles. The van der Waals surface area contributed by atoms with Gasteiger partial charge in [-0.15, -0.1) is 11.3 Å². The minimum atomic E-state index is -3.57. The zero-order valence-corrected chi connectivity index (χ0v) is 12.9. The van der Waals surface area contributed by atoms with Crippen LogP contribution >= 0.6 is 11.3 Å². The summed E-state index contributed by atoms with van der Waals surface area (Å²) in [6, 6.07) is 1.48. The van der Waals surface area contributed by atoms with E-state index in [1.807, 2.05) is 0 Å². The second-order valence-electron chi connectivity index (χ2n) is 4.20. The molecule has 1 unspecified atom stereocenters. The van der Waals surface area contributed by atoms with Crippen molar-refractivity contribution in [3.05, 3.63) is 16.3 Å². The molecule has 7 heteroatoms. The van der Waals surface area contributed by atoms with Gasteiger partial charge in [0.15, 0.2) is 6.29 Å². The molecule has 0 aliphatic rings. The first-order chi connectivity index (χ1) is 9.03. The number of methoxy groups -OCH3 is 1. The highest BCUT2D eigenvalue weighted by Crippen LogP contribution is 2.28. The van der Waals surface area contributed by atoms with E-state index in [0.29, 0.717) is 11.4 Å². The number of nitrogens with one attached hydrogen (secondary N) is 1. The van der Waals surface area contributed by atoms with Crippen molar-refractivity contribution < 1.29 is 18.3 Å². The average molecular weight is 307 g/mol. The van der Waals surface area contributed by atoms with Crippen molar-refractivity contribution in [2.24, 2.45) is 0 Å². The molecule has 0 radical (unpaired) electrons. The molecule has 5 nitrogen and oxygen atoms in total. The van der Waals surface area contributed by atoms with Gasteiger partial charge in [0.25, 0.3) is 0 Å². The van der Waals surface area contributed by atoms with E-state index < -0.39 is 16.3 Å². The lowest BCUT2D eigenvalue weighted by Crippen LogP contribution is -2.25. The first-order valence-electron chi connectivity index (χ1n) is 6.30. The van der Waals surface area contributed by atoms with Crippen molar-refractivity contribution in [2.75, 3.05) is 13.7 Å². The lowest BCUT2D eigenvalue weighted by atomic mass is 10.2. The molecule has 0 aromatic carbocycles. The van der Waals surface area contributed by atoms with E-state index in [2.05, 4.69) is 11.6 Å². The number of hydrogen-bond donors (Lipinski definition) is 2. The Morgan fingerprint density at radius 3 is 2.79 bits per heavy atom. The average Bonchev–Trinajstić information content (AvgIpc) is 2.87. The number of thiophene rings is 1. The molecule has 1 rings (SSSR count). The van der Waals surface area contributed by atoms with Crippen LogP contribution in [0.3, 0.4) is 0 Å². The van der Waals surface area contributed by atoms with Gasteiger partial charge in [0.1, 0.15) is 4.90 Å². The number of unbranched alkanes of at least 4 members (excludes halogenated alkanes) is 3. The predicted molar refractivity (Wildman–Crippen MR) is 75.6 cm³/mol. The first kappa shape index (κ1) is 16.6. The van der Waals surface area contributed by atoms with Crippen molar-refractivity contribution in [3.8, 4) is 0 Å². The lowest BCUT2D eigenvalue weighted by molar-refractivity contribution is -0.0760. The maximum atomic E-state index is 12.1. The fourth-order valence-electron chi connectivity index (χ4n) is 1.65. The van der Waals surface area contributed by atoms with Gasteiger partial charge in [-0.1, -0.05) is 26.2 Å². The molecule has 19 heavy (non-hydrogen) atoms. The van der Waals surface area contributed by atoms with Gasteiger partial charge in [0, 0.05) is 13.7 Å². The predicted octanol–water partition coefficient (Wildman–Crippen LogP) is 2.24. The number of sulfonamides is 1. The van der Waals surface area contributed by atoms with E-state index in [1.165, 1.54) is 13.2 Å².